The molecular weight excluding hydrogens is 753 g/mol. The molecule has 0 bridgehead atoms. The lowest BCUT2D eigenvalue weighted by Crippen LogP contribution is -2.67. The highest BCUT2D eigenvalue weighted by molar-refractivity contribution is 5.85. The number of nitrogens with zero attached hydrogens (tertiary/aromatic N) is 1. The van der Waals surface area contributed by atoms with Crippen LogP contribution in [0, 0.1) is 85.8 Å². The number of morpholine rings is 1. The first kappa shape index (κ1) is 44.1. The van der Waals surface area contributed by atoms with Crippen LogP contribution in [0.4, 0.5) is 0 Å². The molecule has 9 heteroatoms. The summed E-state index contributed by atoms with van der Waals surface area (Å²) in [4.78, 5) is 55.7. The summed E-state index contributed by atoms with van der Waals surface area (Å²) in [6.45, 7) is 25.9. The summed E-state index contributed by atoms with van der Waals surface area (Å²) in [5.41, 5.74) is 0.796. The van der Waals surface area contributed by atoms with Crippen molar-refractivity contribution < 1.29 is 33.8 Å². The quantitative estimate of drug-likeness (QED) is 0.210. The summed E-state index contributed by atoms with van der Waals surface area (Å²) < 4.78 is 12.0. The fourth-order valence-electron chi connectivity index (χ4n) is 16.5. The minimum absolute atomic E-state index is 0.0647. The van der Waals surface area contributed by atoms with Crippen molar-refractivity contribution >= 4 is 23.6 Å². The van der Waals surface area contributed by atoms with E-state index in [4.69, 9.17) is 9.47 Å². The van der Waals surface area contributed by atoms with Gasteiger partial charge in [-0.05, 0) is 133 Å². The Morgan fingerprint density at radius 1 is 0.900 bits per heavy atom. The Labute approximate surface area is 361 Å². The van der Waals surface area contributed by atoms with Gasteiger partial charge in [0.15, 0.2) is 0 Å². The van der Waals surface area contributed by atoms with Crippen LogP contribution in [0.5, 0.6) is 0 Å². The molecule has 0 aromatic heterocycles. The number of rotatable bonds is 10. The van der Waals surface area contributed by atoms with Gasteiger partial charge in [-0.2, -0.15) is 0 Å². The van der Waals surface area contributed by atoms with Crippen LogP contribution in [-0.2, 0) is 28.7 Å². The smallest absolute Gasteiger partial charge is 0.309 e. The van der Waals surface area contributed by atoms with Gasteiger partial charge in [0.25, 0.3) is 0 Å². The summed E-state index contributed by atoms with van der Waals surface area (Å²) >= 11 is 0. The van der Waals surface area contributed by atoms with Crippen molar-refractivity contribution in [1.82, 2.24) is 10.2 Å². The second-order valence-electron chi connectivity index (χ2n) is 23.7. The molecule has 0 spiro atoms. The van der Waals surface area contributed by atoms with Crippen LogP contribution in [0.1, 0.15) is 139 Å². The fraction of sp³-hybridized carbons (Fsp3) is 0.843. The first-order chi connectivity index (χ1) is 28.2. The molecular formula is C51H78N2O7. The molecule has 8 rings (SSSR count). The number of nitrogens with one attached hydrogen (secondary N) is 1. The number of hydrogen-bond acceptors (Lipinski definition) is 7. The van der Waals surface area contributed by atoms with Crippen LogP contribution in [0.25, 0.3) is 0 Å². The highest BCUT2D eigenvalue weighted by Gasteiger charge is 2.72. The highest BCUT2D eigenvalue weighted by atomic mass is 16.5. The van der Waals surface area contributed by atoms with Crippen LogP contribution in [0.3, 0.4) is 0 Å². The maximum Gasteiger partial charge on any atom is 0.309 e. The van der Waals surface area contributed by atoms with E-state index in [1.165, 1.54) is 12.0 Å². The lowest BCUT2D eigenvalue weighted by Gasteiger charge is -2.73. The van der Waals surface area contributed by atoms with Crippen molar-refractivity contribution in [2.75, 3.05) is 39.4 Å². The van der Waals surface area contributed by atoms with Crippen LogP contribution < -0.4 is 5.32 Å². The van der Waals surface area contributed by atoms with Crippen molar-refractivity contribution in [2.24, 2.45) is 85.8 Å². The Balaban J connectivity index is 0.950. The van der Waals surface area contributed by atoms with E-state index in [0.29, 0.717) is 54.8 Å². The molecule has 13 atom stereocenters. The van der Waals surface area contributed by atoms with Crippen LogP contribution in [0.15, 0.2) is 23.8 Å². The summed E-state index contributed by atoms with van der Waals surface area (Å²) in [7, 11) is 0. The Morgan fingerprint density at radius 3 is 2.28 bits per heavy atom. The summed E-state index contributed by atoms with van der Waals surface area (Å²) in [6.07, 6.45) is 17.6. The average Bonchev–Trinajstić information content (AvgIpc) is 3.48. The zero-order chi connectivity index (χ0) is 43.2. The maximum absolute atomic E-state index is 14.2. The molecule has 7 fully saturated rings. The van der Waals surface area contributed by atoms with E-state index >= 15 is 0 Å². The van der Waals surface area contributed by atoms with E-state index in [1.54, 1.807) is 0 Å². The molecule has 334 valence electrons. The molecule has 0 radical (unpaired) electrons. The Morgan fingerprint density at radius 2 is 1.63 bits per heavy atom. The highest BCUT2D eigenvalue weighted by Crippen LogP contribution is 2.77. The Bertz CT molecular complexity index is 1780. The molecule has 4 unspecified atom stereocenters. The third kappa shape index (κ3) is 6.90. The van der Waals surface area contributed by atoms with Gasteiger partial charge in [0.1, 0.15) is 11.9 Å². The predicted octanol–water partition coefficient (Wildman–Crippen LogP) is 8.90. The number of allylic oxidation sites excluding steroid dienone is 1. The number of fused-ring (bicyclic) bond motifs is 7. The van der Waals surface area contributed by atoms with E-state index < -0.39 is 17.3 Å². The van der Waals surface area contributed by atoms with Gasteiger partial charge >= 0.3 is 11.9 Å². The average molecular weight is 831 g/mol. The van der Waals surface area contributed by atoms with Crippen molar-refractivity contribution in [3.8, 4) is 0 Å². The monoisotopic (exact) mass is 831 g/mol. The molecule has 1 saturated heterocycles. The van der Waals surface area contributed by atoms with Gasteiger partial charge < -0.3 is 19.9 Å². The standard InChI is InChI=1S/C51H78N2O7/c1-31(2)41-37(54)29-51(22-23-52-43(55)33-12-10-32(11-13-33)30-53-24-26-59-27-25-53)21-20-49(8)34(42(41)51)14-15-39-48(7)18-17-40(47(5,6)38(48)16-19-50(39,49)9)60-45(58)36-28-35(44(56)57)46(36,3)4/h10-12,31,33-36,38-42H,13-30H2,1-9H3,(H,52,55)(H,56,57)/t33?,34-,35+,36-,38+,39-,40+,41?,42?,48+,49-,50-,51?/m1/s1. The van der Waals surface area contributed by atoms with E-state index in [2.05, 4.69) is 76.9 Å². The molecule has 7 aliphatic carbocycles. The molecule has 9 nitrogen and oxygen atoms in total. The van der Waals surface area contributed by atoms with Crippen molar-refractivity contribution in [1.29, 1.82) is 0 Å². The fourth-order valence-corrected chi connectivity index (χ4v) is 16.5. The van der Waals surface area contributed by atoms with Gasteiger partial charge in [0.2, 0.25) is 5.91 Å². The van der Waals surface area contributed by atoms with Crippen LogP contribution in [0.2, 0.25) is 0 Å². The van der Waals surface area contributed by atoms with E-state index in [0.717, 1.165) is 90.6 Å². The molecule has 6 saturated carbocycles. The number of amides is 1. The normalized spacial score (nSPS) is 44.3. The van der Waals surface area contributed by atoms with Gasteiger partial charge in [0.05, 0.1) is 31.0 Å². The Hall–Kier alpha value is -2.52. The molecule has 60 heavy (non-hydrogen) atoms. The van der Waals surface area contributed by atoms with Crippen LogP contribution in [-0.4, -0.2) is 79.1 Å². The van der Waals surface area contributed by atoms with Gasteiger partial charge in [0, 0.05) is 43.9 Å². The minimum atomic E-state index is -0.822. The number of hydrogen-bond donors (Lipinski definition) is 2. The van der Waals surface area contributed by atoms with E-state index in [9.17, 15) is 24.3 Å². The van der Waals surface area contributed by atoms with Gasteiger partial charge in [-0.15, -0.1) is 0 Å². The number of carboxylic acids is 1. The molecule has 0 aromatic carbocycles. The maximum atomic E-state index is 14.2. The zero-order valence-corrected chi connectivity index (χ0v) is 38.6. The largest absolute Gasteiger partial charge is 0.481 e. The molecule has 8 aliphatic rings. The number of carbonyl (C=O) groups excluding carboxylic acids is 3. The number of ketones is 1. The second kappa shape index (κ2) is 15.6. The first-order valence-electron chi connectivity index (χ1n) is 24.1. The van der Waals surface area contributed by atoms with Gasteiger partial charge in [-0.3, -0.25) is 24.1 Å². The van der Waals surface area contributed by atoms with Crippen LogP contribution >= 0.6 is 0 Å². The molecule has 1 amide bonds. The SMILES string of the molecule is CC(C)C1C(=O)CC2(CCNC(=O)C3C=CC(CN4CCOCC4)=CC3)CC[C@]3(C)[C@H](CC[C@@H]4[C@@]5(C)CC[C@H](OC(=O)[C@H]6C[C@@H](C(=O)O)C6(C)C)C(C)(C)[C@@H]5CC[C@]43C)C12. The number of ether oxygens (including phenoxy) is 2. The third-order valence-corrected chi connectivity index (χ3v) is 20.2. The van der Waals surface area contributed by atoms with E-state index in [-0.39, 0.29) is 62.8 Å². The molecule has 1 heterocycles. The van der Waals surface area contributed by atoms with E-state index in [1.807, 2.05) is 13.8 Å². The van der Waals surface area contributed by atoms with Crippen molar-refractivity contribution in [3.63, 3.8) is 0 Å². The lowest BCUT2D eigenvalue weighted by atomic mass is 9.32. The number of aliphatic carboxylic acids is 1. The van der Waals surface area contributed by atoms with Gasteiger partial charge in [-0.1, -0.05) is 80.5 Å². The summed E-state index contributed by atoms with van der Waals surface area (Å²) in [5.74, 6) is 0.678. The number of carbonyl (C=O) groups is 4. The lowest BCUT2D eigenvalue weighted by molar-refractivity contribution is -0.253. The third-order valence-electron chi connectivity index (χ3n) is 20.2. The topological polar surface area (TPSA) is 122 Å². The molecule has 1 aliphatic heterocycles. The molecule has 0 aromatic rings. The summed E-state index contributed by atoms with van der Waals surface area (Å²) in [5, 5.41) is 13.1. The van der Waals surface area contributed by atoms with Crippen molar-refractivity contribution in [2.45, 2.75) is 145 Å². The predicted molar refractivity (Wildman–Crippen MR) is 232 cm³/mol. The number of carboxylic acid groups (broad SMARTS) is 1. The van der Waals surface area contributed by atoms with Crippen molar-refractivity contribution in [3.05, 3.63) is 23.8 Å². The summed E-state index contributed by atoms with van der Waals surface area (Å²) in [6, 6.07) is 0. The van der Waals surface area contributed by atoms with Gasteiger partial charge in [-0.25, -0.2) is 0 Å². The zero-order valence-electron chi connectivity index (χ0n) is 38.6. The number of Topliss-reactive ketones (excluding diaryl/α,β-unsaturated/α-hetero) is 1. The number of esters is 1. The second-order valence-corrected chi connectivity index (χ2v) is 23.7. The molecule has 2 N–H and O–H groups in total. The first-order valence-corrected chi connectivity index (χ1v) is 24.1. The Kier molecular flexibility index (Phi) is 11.5. The minimum Gasteiger partial charge on any atom is -0.481 e.